The monoisotopic (exact) mass is 448 g/mol. The third-order valence-corrected chi connectivity index (χ3v) is 6.12. The van der Waals surface area contributed by atoms with Gasteiger partial charge in [-0.05, 0) is 38.5 Å². The van der Waals surface area contributed by atoms with Crippen molar-refractivity contribution in [2.75, 3.05) is 13.2 Å². The van der Waals surface area contributed by atoms with E-state index in [0.717, 1.165) is 11.1 Å². The smallest absolute Gasteiger partial charge is 0.338 e. The van der Waals surface area contributed by atoms with Crippen LogP contribution in [0.1, 0.15) is 37.9 Å². The number of thiazole rings is 1. The van der Waals surface area contributed by atoms with E-state index in [4.69, 9.17) is 9.47 Å². The van der Waals surface area contributed by atoms with Gasteiger partial charge in [0.05, 0.1) is 35.1 Å². The number of carbonyl (C=O) groups excluding carboxylic acids is 1. The van der Waals surface area contributed by atoms with E-state index in [-0.39, 0.29) is 12.2 Å². The molecule has 0 spiro atoms. The Labute approximate surface area is 189 Å². The van der Waals surface area contributed by atoms with Crippen molar-refractivity contribution in [2.45, 2.75) is 26.8 Å². The molecule has 7 heteroatoms. The molecule has 0 amide bonds. The van der Waals surface area contributed by atoms with Gasteiger partial charge in [-0.15, -0.1) is 0 Å². The predicted molar refractivity (Wildman–Crippen MR) is 124 cm³/mol. The lowest BCUT2D eigenvalue weighted by Gasteiger charge is -2.24. The Morgan fingerprint density at radius 2 is 1.81 bits per heavy atom. The SMILES string of the molecule is CCOC(=O)C1=C(C)N=c2sc(=Cc3ccccc3OCC)c(=O)n2C1c1ccccc1. The van der Waals surface area contributed by atoms with Gasteiger partial charge < -0.3 is 9.47 Å². The third kappa shape index (κ3) is 4.03. The van der Waals surface area contributed by atoms with Crippen molar-refractivity contribution >= 4 is 23.4 Å². The lowest BCUT2D eigenvalue weighted by molar-refractivity contribution is -0.139. The summed E-state index contributed by atoms with van der Waals surface area (Å²) in [6.45, 7) is 6.24. The second kappa shape index (κ2) is 9.36. The third-order valence-electron chi connectivity index (χ3n) is 5.14. The number of rotatable bonds is 6. The normalized spacial score (nSPS) is 15.8. The van der Waals surface area contributed by atoms with E-state index in [2.05, 4.69) is 4.99 Å². The first kappa shape index (κ1) is 21.8. The molecule has 1 aliphatic heterocycles. The van der Waals surface area contributed by atoms with Gasteiger partial charge in [-0.25, -0.2) is 9.79 Å². The molecule has 0 saturated carbocycles. The van der Waals surface area contributed by atoms with Crippen LogP contribution < -0.4 is 19.6 Å². The average molecular weight is 449 g/mol. The molecule has 2 aromatic carbocycles. The van der Waals surface area contributed by atoms with Crippen molar-refractivity contribution in [2.24, 2.45) is 4.99 Å². The first-order chi connectivity index (χ1) is 15.5. The van der Waals surface area contributed by atoms with E-state index in [1.165, 1.54) is 11.3 Å². The number of para-hydroxylation sites is 1. The maximum Gasteiger partial charge on any atom is 0.338 e. The zero-order valence-electron chi connectivity index (χ0n) is 18.2. The van der Waals surface area contributed by atoms with Crippen molar-refractivity contribution < 1.29 is 14.3 Å². The second-order valence-corrected chi connectivity index (χ2v) is 8.19. The summed E-state index contributed by atoms with van der Waals surface area (Å²) < 4.78 is 13.1. The molecule has 1 aliphatic rings. The van der Waals surface area contributed by atoms with Gasteiger partial charge in [-0.2, -0.15) is 0 Å². The lowest BCUT2D eigenvalue weighted by Crippen LogP contribution is -2.39. The van der Waals surface area contributed by atoms with E-state index >= 15 is 0 Å². The van der Waals surface area contributed by atoms with Crippen LogP contribution in [0.5, 0.6) is 5.75 Å². The molecule has 0 bridgehead atoms. The fourth-order valence-corrected chi connectivity index (χ4v) is 4.81. The minimum atomic E-state index is -0.601. The highest BCUT2D eigenvalue weighted by atomic mass is 32.1. The molecule has 3 aromatic rings. The molecule has 1 unspecified atom stereocenters. The molecular formula is C25H24N2O4S. The first-order valence-electron chi connectivity index (χ1n) is 10.5. The Morgan fingerprint density at radius 3 is 2.53 bits per heavy atom. The highest BCUT2D eigenvalue weighted by molar-refractivity contribution is 7.07. The number of esters is 1. The molecule has 4 rings (SSSR count). The van der Waals surface area contributed by atoms with Gasteiger partial charge in [0.1, 0.15) is 5.75 Å². The summed E-state index contributed by atoms with van der Waals surface area (Å²) in [5.74, 6) is 0.252. The standard InChI is InChI=1S/C25H24N2O4S/c1-4-30-19-14-10-9-13-18(19)15-20-23(28)27-22(17-11-7-6-8-12-17)21(24(29)31-5-2)16(3)26-25(27)32-20/h6-15,22H,4-5H2,1-3H3. The van der Waals surface area contributed by atoms with Crippen molar-refractivity contribution in [1.29, 1.82) is 0 Å². The molecule has 164 valence electrons. The average Bonchev–Trinajstić information content (AvgIpc) is 3.09. The van der Waals surface area contributed by atoms with E-state index in [0.29, 0.717) is 33.0 Å². The molecule has 0 radical (unpaired) electrons. The maximum absolute atomic E-state index is 13.6. The van der Waals surface area contributed by atoms with Crippen LogP contribution in [0.15, 0.2) is 75.7 Å². The number of hydrogen-bond donors (Lipinski definition) is 0. The van der Waals surface area contributed by atoms with Gasteiger partial charge in [0.2, 0.25) is 0 Å². The number of nitrogens with zero attached hydrogens (tertiary/aromatic N) is 2. The van der Waals surface area contributed by atoms with Crippen LogP contribution in [-0.4, -0.2) is 23.8 Å². The van der Waals surface area contributed by atoms with Gasteiger partial charge >= 0.3 is 5.97 Å². The summed E-state index contributed by atoms with van der Waals surface area (Å²) >= 11 is 1.30. The van der Waals surface area contributed by atoms with Gasteiger partial charge in [0.15, 0.2) is 4.80 Å². The number of ether oxygens (including phenoxy) is 2. The highest BCUT2D eigenvalue weighted by Gasteiger charge is 2.33. The molecule has 2 heterocycles. The summed E-state index contributed by atoms with van der Waals surface area (Å²) in [5.41, 5.74) is 2.37. The van der Waals surface area contributed by atoms with Crippen molar-refractivity contribution in [3.8, 4) is 5.75 Å². The van der Waals surface area contributed by atoms with Gasteiger partial charge in [-0.1, -0.05) is 59.9 Å². The molecule has 0 aliphatic carbocycles. The molecular weight excluding hydrogens is 424 g/mol. The fourth-order valence-electron chi connectivity index (χ4n) is 3.77. The van der Waals surface area contributed by atoms with Crippen LogP contribution in [0.2, 0.25) is 0 Å². The Morgan fingerprint density at radius 1 is 1.09 bits per heavy atom. The van der Waals surface area contributed by atoms with Crippen LogP contribution >= 0.6 is 11.3 Å². The van der Waals surface area contributed by atoms with E-state index in [9.17, 15) is 9.59 Å². The number of aromatic nitrogens is 1. The molecule has 1 aromatic heterocycles. The van der Waals surface area contributed by atoms with Crippen LogP contribution in [0, 0.1) is 0 Å². The van der Waals surface area contributed by atoms with Crippen LogP contribution in [0.4, 0.5) is 0 Å². The number of carbonyl (C=O) groups is 1. The van der Waals surface area contributed by atoms with Crippen molar-refractivity contribution in [1.82, 2.24) is 4.57 Å². The Bertz CT molecular complexity index is 1350. The van der Waals surface area contributed by atoms with Gasteiger partial charge in [-0.3, -0.25) is 9.36 Å². The Kier molecular flexibility index (Phi) is 6.37. The van der Waals surface area contributed by atoms with Crippen LogP contribution in [-0.2, 0) is 9.53 Å². The highest BCUT2D eigenvalue weighted by Crippen LogP contribution is 2.30. The minimum absolute atomic E-state index is 0.205. The lowest BCUT2D eigenvalue weighted by atomic mass is 9.96. The van der Waals surface area contributed by atoms with Gasteiger partial charge in [0.25, 0.3) is 5.56 Å². The van der Waals surface area contributed by atoms with E-state index in [1.54, 1.807) is 18.4 Å². The number of allylic oxidation sites excluding steroid dienone is 1. The summed E-state index contributed by atoms with van der Waals surface area (Å²) in [6.07, 6.45) is 1.82. The quantitative estimate of drug-likeness (QED) is 0.543. The second-order valence-electron chi connectivity index (χ2n) is 7.18. The molecule has 0 N–H and O–H groups in total. The largest absolute Gasteiger partial charge is 0.493 e. The minimum Gasteiger partial charge on any atom is -0.493 e. The zero-order chi connectivity index (χ0) is 22.7. The Balaban J connectivity index is 1.94. The zero-order valence-corrected chi connectivity index (χ0v) is 19.0. The summed E-state index contributed by atoms with van der Waals surface area (Å²) in [4.78, 5) is 31.6. The molecule has 32 heavy (non-hydrogen) atoms. The van der Waals surface area contributed by atoms with Gasteiger partial charge in [0, 0.05) is 5.56 Å². The molecule has 0 fully saturated rings. The summed E-state index contributed by atoms with van der Waals surface area (Å²) in [7, 11) is 0. The van der Waals surface area contributed by atoms with Crippen molar-refractivity contribution in [3.05, 3.63) is 96.7 Å². The van der Waals surface area contributed by atoms with Crippen LogP contribution in [0.3, 0.4) is 0 Å². The fraction of sp³-hybridized carbons (Fsp3) is 0.240. The van der Waals surface area contributed by atoms with E-state index < -0.39 is 12.0 Å². The van der Waals surface area contributed by atoms with Crippen molar-refractivity contribution in [3.63, 3.8) is 0 Å². The number of hydrogen-bond acceptors (Lipinski definition) is 6. The first-order valence-corrected chi connectivity index (χ1v) is 11.3. The van der Waals surface area contributed by atoms with Crippen LogP contribution in [0.25, 0.3) is 6.08 Å². The molecule has 0 saturated heterocycles. The Hall–Kier alpha value is -3.45. The van der Waals surface area contributed by atoms with E-state index in [1.807, 2.05) is 67.6 Å². The maximum atomic E-state index is 13.6. The number of fused-ring (bicyclic) bond motifs is 1. The predicted octanol–water partition coefficient (Wildman–Crippen LogP) is 3.20. The number of benzene rings is 2. The topological polar surface area (TPSA) is 69.9 Å². The molecule has 6 nitrogen and oxygen atoms in total. The summed E-state index contributed by atoms with van der Waals surface area (Å²) in [5, 5.41) is 0. The summed E-state index contributed by atoms with van der Waals surface area (Å²) in [6, 6.07) is 16.5. The molecule has 1 atom stereocenters.